The first kappa shape index (κ1) is 16.9. The predicted octanol–water partition coefficient (Wildman–Crippen LogP) is 2.35. The molecule has 2 fully saturated rings. The zero-order valence-electron chi connectivity index (χ0n) is 15.9. The predicted molar refractivity (Wildman–Crippen MR) is 102 cm³/mol. The van der Waals surface area contributed by atoms with Crippen LogP contribution in [0, 0.1) is 18.8 Å². The fourth-order valence-corrected chi connectivity index (χ4v) is 5.22. The van der Waals surface area contributed by atoms with Gasteiger partial charge in [-0.2, -0.15) is 0 Å². The summed E-state index contributed by atoms with van der Waals surface area (Å²) in [4.78, 5) is 15.7. The Morgan fingerprint density at radius 1 is 1.15 bits per heavy atom. The highest BCUT2D eigenvalue weighted by Gasteiger charge is 2.48. The SMILES string of the molecule is Cc1ccccc1[C@@H]1[C@H]2CNC[C@H]2CN1C(=O)c1nnc2n1CCCCC2. The fraction of sp³-hybridized carbons (Fsp3) is 0.571. The Hall–Kier alpha value is -2.21. The van der Waals surface area contributed by atoms with Crippen LogP contribution in [0.1, 0.15) is 52.9 Å². The summed E-state index contributed by atoms with van der Waals surface area (Å²) in [5, 5.41) is 12.2. The van der Waals surface area contributed by atoms with E-state index in [-0.39, 0.29) is 11.9 Å². The van der Waals surface area contributed by atoms with Gasteiger partial charge in [0.05, 0.1) is 6.04 Å². The molecule has 1 amide bonds. The fourth-order valence-electron chi connectivity index (χ4n) is 5.22. The first-order valence-corrected chi connectivity index (χ1v) is 10.2. The molecule has 0 aliphatic carbocycles. The number of fused-ring (bicyclic) bond motifs is 2. The Kier molecular flexibility index (Phi) is 4.23. The standard InChI is InChI=1S/C21H27N5O/c1-14-7-4-5-8-16(14)19-17-12-22-11-15(17)13-26(19)21(27)20-24-23-18-9-3-2-6-10-25(18)20/h4-5,7-8,15,17,19,22H,2-3,6,9-13H2,1H3/t15-,17-,19+/m0/s1. The lowest BCUT2D eigenvalue weighted by Gasteiger charge is -2.29. The molecule has 2 aromatic rings. The topological polar surface area (TPSA) is 63.1 Å². The molecule has 2 saturated heterocycles. The average Bonchev–Trinajstić information content (AvgIpc) is 3.33. The van der Waals surface area contributed by atoms with Gasteiger partial charge in [0.1, 0.15) is 5.82 Å². The Labute approximate surface area is 160 Å². The minimum absolute atomic E-state index is 0.0540. The number of hydrogen-bond acceptors (Lipinski definition) is 4. The van der Waals surface area contributed by atoms with Gasteiger partial charge >= 0.3 is 0 Å². The molecule has 4 heterocycles. The van der Waals surface area contributed by atoms with Gasteiger partial charge in [-0.3, -0.25) is 4.79 Å². The van der Waals surface area contributed by atoms with Crippen molar-refractivity contribution in [1.29, 1.82) is 0 Å². The van der Waals surface area contributed by atoms with Crippen LogP contribution in [-0.2, 0) is 13.0 Å². The molecule has 142 valence electrons. The molecule has 0 unspecified atom stereocenters. The van der Waals surface area contributed by atoms with Gasteiger partial charge in [0.2, 0.25) is 5.82 Å². The third-order valence-electron chi connectivity index (χ3n) is 6.63. The first-order valence-electron chi connectivity index (χ1n) is 10.2. The molecule has 27 heavy (non-hydrogen) atoms. The molecule has 6 heteroatoms. The van der Waals surface area contributed by atoms with Gasteiger partial charge in [-0.05, 0) is 36.8 Å². The van der Waals surface area contributed by atoms with Gasteiger partial charge < -0.3 is 14.8 Å². The van der Waals surface area contributed by atoms with Crippen LogP contribution in [0.3, 0.4) is 0 Å². The van der Waals surface area contributed by atoms with E-state index in [2.05, 4.69) is 56.2 Å². The minimum Gasteiger partial charge on any atom is -0.328 e. The van der Waals surface area contributed by atoms with E-state index in [4.69, 9.17) is 0 Å². The van der Waals surface area contributed by atoms with Crippen molar-refractivity contribution in [2.45, 2.75) is 45.2 Å². The maximum absolute atomic E-state index is 13.6. The number of hydrogen-bond donors (Lipinski definition) is 1. The molecule has 6 nitrogen and oxygen atoms in total. The molecular formula is C21H27N5O. The van der Waals surface area contributed by atoms with Gasteiger partial charge in [-0.15, -0.1) is 10.2 Å². The van der Waals surface area contributed by atoms with Crippen molar-refractivity contribution in [1.82, 2.24) is 25.0 Å². The smallest absolute Gasteiger partial charge is 0.292 e. The first-order chi connectivity index (χ1) is 13.2. The lowest BCUT2D eigenvalue weighted by atomic mass is 9.87. The van der Waals surface area contributed by atoms with Crippen molar-refractivity contribution in [3.63, 3.8) is 0 Å². The number of rotatable bonds is 2. The summed E-state index contributed by atoms with van der Waals surface area (Å²) in [5.74, 6) is 2.56. The van der Waals surface area contributed by atoms with E-state index >= 15 is 0 Å². The molecule has 1 aromatic heterocycles. The Morgan fingerprint density at radius 2 is 2.04 bits per heavy atom. The number of nitrogens with zero attached hydrogens (tertiary/aromatic N) is 4. The molecule has 3 aliphatic rings. The van der Waals surface area contributed by atoms with Gasteiger partial charge in [0.25, 0.3) is 5.91 Å². The number of aromatic nitrogens is 3. The largest absolute Gasteiger partial charge is 0.328 e. The molecule has 5 rings (SSSR count). The van der Waals surface area contributed by atoms with Crippen LogP contribution >= 0.6 is 0 Å². The summed E-state index contributed by atoms with van der Waals surface area (Å²) < 4.78 is 2.08. The molecule has 0 spiro atoms. The van der Waals surface area contributed by atoms with Crippen LogP contribution < -0.4 is 5.32 Å². The zero-order chi connectivity index (χ0) is 18.4. The van der Waals surface area contributed by atoms with Crippen LogP contribution in [0.2, 0.25) is 0 Å². The van der Waals surface area contributed by atoms with Gasteiger partial charge in [0, 0.05) is 38.5 Å². The number of likely N-dealkylation sites (tertiary alicyclic amines) is 1. The van der Waals surface area contributed by atoms with Crippen molar-refractivity contribution < 1.29 is 4.79 Å². The molecule has 3 atom stereocenters. The van der Waals surface area contributed by atoms with Crippen LogP contribution in [-0.4, -0.2) is 45.2 Å². The summed E-state index contributed by atoms with van der Waals surface area (Å²) in [6.07, 6.45) is 4.36. The van der Waals surface area contributed by atoms with Crippen molar-refractivity contribution >= 4 is 5.91 Å². The summed E-state index contributed by atoms with van der Waals surface area (Å²) >= 11 is 0. The highest BCUT2D eigenvalue weighted by Crippen LogP contribution is 2.44. The molecule has 1 N–H and O–H groups in total. The van der Waals surface area contributed by atoms with E-state index in [1.807, 2.05) is 0 Å². The summed E-state index contributed by atoms with van der Waals surface area (Å²) in [6, 6.07) is 8.62. The average molecular weight is 365 g/mol. The third-order valence-corrected chi connectivity index (χ3v) is 6.63. The quantitative estimate of drug-likeness (QED) is 0.887. The molecule has 3 aliphatic heterocycles. The van der Waals surface area contributed by atoms with Gasteiger partial charge in [-0.25, -0.2) is 0 Å². The number of benzene rings is 1. The number of aryl methyl sites for hydroxylation is 2. The zero-order valence-corrected chi connectivity index (χ0v) is 15.9. The normalized spacial score (nSPS) is 27.3. The number of amides is 1. The van der Waals surface area contributed by atoms with Crippen molar-refractivity contribution in [3.8, 4) is 0 Å². The second kappa shape index (κ2) is 6.75. The highest BCUT2D eigenvalue weighted by atomic mass is 16.2. The second-order valence-corrected chi connectivity index (χ2v) is 8.24. The van der Waals surface area contributed by atoms with Crippen LogP contribution in [0.4, 0.5) is 0 Å². The van der Waals surface area contributed by atoms with E-state index in [0.717, 1.165) is 51.3 Å². The van der Waals surface area contributed by atoms with Crippen LogP contribution in [0.5, 0.6) is 0 Å². The summed E-state index contributed by atoms with van der Waals surface area (Å²) in [6.45, 7) is 5.79. The highest BCUT2D eigenvalue weighted by molar-refractivity contribution is 5.91. The lowest BCUT2D eigenvalue weighted by molar-refractivity contribution is 0.0695. The minimum atomic E-state index is 0.0540. The van der Waals surface area contributed by atoms with Crippen LogP contribution in [0.25, 0.3) is 0 Å². The van der Waals surface area contributed by atoms with Crippen molar-refractivity contribution in [2.75, 3.05) is 19.6 Å². The maximum Gasteiger partial charge on any atom is 0.292 e. The Morgan fingerprint density at radius 3 is 2.93 bits per heavy atom. The molecule has 1 aromatic carbocycles. The van der Waals surface area contributed by atoms with E-state index < -0.39 is 0 Å². The van der Waals surface area contributed by atoms with E-state index in [0.29, 0.717) is 17.7 Å². The van der Waals surface area contributed by atoms with E-state index in [9.17, 15) is 4.79 Å². The number of carbonyl (C=O) groups is 1. The Bertz CT molecular complexity index is 860. The molecule has 0 radical (unpaired) electrons. The Balaban J connectivity index is 1.52. The lowest BCUT2D eigenvalue weighted by Crippen LogP contribution is -2.36. The van der Waals surface area contributed by atoms with Gasteiger partial charge in [-0.1, -0.05) is 30.7 Å². The van der Waals surface area contributed by atoms with E-state index in [1.54, 1.807) is 0 Å². The van der Waals surface area contributed by atoms with Gasteiger partial charge in [0.15, 0.2) is 0 Å². The summed E-state index contributed by atoms with van der Waals surface area (Å²) in [7, 11) is 0. The molecular weight excluding hydrogens is 338 g/mol. The maximum atomic E-state index is 13.6. The molecule has 0 saturated carbocycles. The monoisotopic (exact) mass is 365 g/mol. The number of nitrogens with one attached hydrogen (secondary N) is 1. The third kappa shape index (κ3) is 2.78. The van der Waals surface area contributed by atoms with E-state index in [1.165, 1.54) is 17.5 Å². The van der Waals surface area contributed by atoms with Crippen LogP contribution in [0.15, 0.2) is 24.3 Å². The number of carbonyl (C=O) groups excluding carboxylic acids is 1. The second-order valence-electron chi connectivity index (χ2n) is 8.24. The molecule has 0 bridgehead atoms. The van der Waals surface area contributed by atoms with Crippen molar-refractivity contribution in [3.05, 3.63) is 47.0 Å². The summed E-state index contributed by atoms with van der Waals surface area (Å²) in [5.41, 5.74) is 2.53. The van der Waals surface area contributed by atoms with Crippen molar-refractivity contribution in [2.24, 2.45) is 11.8 Å².